The van der Waals surface area contributed by atoms with E-state index < -0.39 is 0 Å². The van der Waals surface area contributed by atoms with Crippen molar-refractivity contribution in [3.05, 3.63) is 0 Å². The Kier molecular flexibility index (Phi) is 7.16. The minimum Gasteiger partial charge on any atom is -0.123 e. The number of hydrogen-bond donors (Lipinski definition) is 0. The van der Waals surface area contributed by atoms with Gasteiger partial charge in [0, 0.05) is 10.8 Å². The highest BCUT2D eigenvalue weighted by atomic mass is 35.5. The first-order chi connectivity index (χ1) is 7.65. The fourth-order valence-corrected chi connectivity index (χ4v) is 3.26. The maximum Gasteiger partial charge on any atom is 0.0336 e. The lowest BCUT2D eigenvalue weighted by Gasteiger charge is -2.30. The molecule has 0 aromatic heterocycles. The minimum absolute atomic E-state index is 0.401. The van der Waals surface area contributed by atoms with Gasteiger partial charge in [0.15, 0.2) is 0 Å². The lowest BCUT2D eigenvalue weighted by molar-refractivity contribution is 0.248. The summed E-state index contributed by atoms with van der Waals surface area (Å²) in [4.78, 5) is 0. The van der Waals surface area contributed by atoms with Gasteiger partial charge in [0.05, 0.1) is 0 Å². The van der Waals surface area contributed by atoms with Crippen molar-refractivity contribution in [3.63, 3.8) is 0 Å². The number of halogens is 2. The van der Waals surface area contributed by atoms with E-state index in [1.54, 1.807) is 0 Å². The van der Waals surface area contributed by atoms with Crippen LogP contribution in [0.5, 0.6) is 0 Å². The molecule has 2 heteroatoms. The van der Waals surface area contributed by atoms with Crippen LogP contribution in [-0.2, 0) is 0 Å². The van der Waals surface area contributed by atoms with E-state index in [1.807, 2.05) is 0 Å². The highest BCUT2D eigenvalue weighted by molar-refractivity contribution is 6.20. The SMILES string of the molecule is CCC(Cl)CC1CCC(CC(Cl)CC)CC1. The predicted octanol–water partition coefficient (Wildman–Crippen LogP) is 5.61. The van der Waals surface area contributed by atoms with Crippen molar-refractivity contribution in [2.24, 2.45) is 11.8 Å². The van der Waals surface area contributed by atoms with Crippen LogP contribution in [0.2, 0.25) is 0 Å². The van der Waals surface area contributed by atoms with Crippen molar-refractivity contribution in [1.82, 2.24) is 0 Å². The third-order valence-electron chi connectivity index (χ3n) is 4.03. The van der Waals surface area contributed by atoms with Crippen LogP contribution in [0.15, 0.2) is 0 Å². The van der Waals surface area contributed by atoms with Crippen LogP contribution in [0.1, 0.15) is 65.2 Å². The van der Waals surface area contributed by atoms with Gasteiger partial charge >= 0.3 is 0 Å². The molecule has 0 nitrogen and oxygen atoms in total. The van der Waals surface area contributed by atoms with Gasteiger partial charge in [-0.15, -0.1) is 23.2 Å². The molecule has 16 heavy (non-hydrogen) atoms. The molecule has 0 bridgehead atoms. The molecule has 1 saturated carbocycles. The van der Waals surface area contributed by atoms with Crippen molar-refractivity contribution in [1.29, 1.82) is 0 Å². The molecule has 0 N–H and O–H groups in total. The van der Waals surface area contributed by atoms with Gasteiger partial charge in [0.1, 0.15) is 0 Å². The first-order valence-electron chi connectivity index (χ1n) is 6.93. The van der Waals surface area contributed by atoms with E-state index in [4.69, 9.17) is 23.2 Å². The van der Waals surface area contributed by atoms with Gasteiger partial charge in [-0.2, -0.15) is 0 Å². The zero-order valence-electron chi connectivity index (χ0n) is 10.7. The topological polar surface area (TPSA) is 0 Å². The Labute approximate surface area is 111 Å². The summed E-state index contributed by atoms with van der Waals surface area (Å²) in [6, 6.07) is 0. The Bertz CT molecular complexity index is 154. The average Bonchev–Trinajstić information content (AvgIpc) is 2.31. The standard InChI is InChI=1S/C14H26Cl2/c1-3-13(15)9-11-5-7-12(8-6-11)10-14(16)4-2/h11-14H,3-10H2,1-2H3. The van der Waals surface area contributed by atoms with E-state index >= 15 is 0 Å². The molecular formula is C14H26Cl2. The summed E-state index contributed by atoms with van der Waals surface area (Å²) in [6.07, 6.45) is 10.2. The summed E-state index contributed by atoms with van der Waals surface area (Å²) in [7, 11) is 0. The van der Waals surface area contributed by atoms with Crippen LogP contribution in [0.25, 0.3) is 0 Å². The Morgan fingerprint density at radius 2 is 1.12 bits per heavy atom. The average molecular weight is 265 g/mol. The van der Waals surface area contributed by atoms with Crippen molar-refractivity contribution in [2.45, 2.75) is 76.0 Å². The first kappa shape index (κ1) is 14.6. The summed E-state index contributed by atoms with van der Waals surface area (Å²) < 4.78 is 0. The Balaban J connectivity index is 2.18. The predicted molar refractivity (Wildman–Crippen MR) is 74.5 cm³/mol. The molecule has 0 aromatic rings. The van der Waals surface area contributed by atoms with E-state index in [1.165, 1.54) is 38.5 Å². The quantitative estimate of drug-likeness (QED) is 0.548. The number of rotatable bonds is 6. The Morgan fingerprint density at radius 1 is 0.812 bits per heavy atom. The molecule has 0 saturated heterocycles. The summed E-state index contributed by atoms with van der Waals surface area (Å²) in [5.74, 6) is 1.77. The molecule has 0 aromatic carbocycles. The fraction of sp³-hybridized carbons (Fsp3) is 1.00. The molecule has 0 radical (unpaired) electrons. The maximum atomic E-state index is 6.22. The van der Waals surface area contributed by atoms with Gasteiger partial charge in [0.25, 0.3) is 0 Å². The van der Waals surface area contributed by atoms with Gasteiger partial charge in [0.2, 0.25) is 0 Å². The third-order valence-corrected chi connectivity index (χ3v) is 5.00. The Hall–Kier alpha value is 0.580. The lowest BCUT2D eigenvalue weighted by atomic mass is 9.78. The zero-order chi connectivity index (χ0) is 12.0. The van der Waals surface area contributed by atoms with E-state index in [0.717, 1.165) is 24.7 Å². The second-order valence-corrected chi connectivity index (χ2v) is 6.60. The molecule has 1 aliphatic rings. The maximum absolute atomic E-state index is 6.22. The molecule has 0 spiro atoms. The fourth-order valence-electron chi connectivity index (χ4n) is 2.76. The minimum atomic E-state index is 0.401. The lowest BCUT2D eigenvalue weighted by Crippen LogP contribution is -2.19. The monoisotopic (exact) mass is 264 g/mol. The van der Waals surface area contributed by atoms with Crippen molar-refractivity contribution in [2.75, 3.05) is 0 Å². The molecule has 2 atom stereocenters. The van der Waals surface area contributed by atoms with Crippen LogP contribution in [0, 0.1) is 11.8 Å². The van der Waals surface area contributed by atoms with Crippen molar-refractivity contribution >= 4 is 23.2 Å². The van der Waals surface area contributed by atoms with Crippen LogP contribution in [0.4, 0.5) is 0 Å². The summed E-state index contributed by atoms with van der Waals surface area (Å²) in [5.41, 5.74) is 0. The molecule has 0 heterocycles. The van der Waals surface area contributed by atoms with Crippen molar-refractivity contribution in [3.8, 4) is 0 Å². The van der Waals surface area contributed by atoms with Crippen LogP contribution < -0.4 is 0 Å². The van der Waals surface area contributed by atoms with Gasteiger partial charge < -0.3 is 0 Å². The molecule has 1 aliphatic carbocycles. The molecule has 0 aliphatic heterocycles. The third kappa shape index (κ3) is 5.27. The molecule has 1 fully saturated rings. The van der Waals surface area contributed by atoms with Crippen LogP contribution >= 0.6 is 23.2 Å². The second kappa shape index (κ2) is 7.82. The molecule has 2 unspecified atom stereocenters. The molecule has 96 valence electrons. The Morgan fingerprint density at radius 3 is 1.38 bits per heavy atom. The second-order valence-electron chi connectivity index (χ2n) is 5.37. The van der Waals surface area contributed by atoms with E-state index in [-0.39, 0.29) is 0 Å². The molecule has 1 rings (SSSR count). The number of alkyl halides is 2. The highest BCUT2D eigenvalue weighted by Crippen LogP contribution is 2.35. The van der Waals surface area contributed by atoms with Gasteiger partial charge in [-0.25, -0.2) is 0 Å². The number of hydrogen-bond acceptors (Lipinski definition) is 0. The summed E-state index contributed by atoms with van der Waals surface area (Å²) in [5, 5.41) is 0.802. The molecular weight excluding hydrogens is 239 g/mol. The summed E-state index contributed by atoms with van der Waals surface area (Å²) in [6.45, 7) is 4.37. The van der Waals surface area contributed by atoms with Crippen LogP contribution in [0.3, 0.4) is 0 Å². The summed E-state index contributed by atoms with van der Waals surface area (Å²) >= 11 is 12.4. The van der Waals surface area contributed by atoms with Crippen molar-refractivity contribution < 1.29 is 0 Å². The van der Waals surface area contributed by atoms with Gasteiger partial charge in [-0.3, -0.25) is 0 Å². The zero-order valence-corrected chi connectivity index (χ0v) is 12.2. The smallest absolute Gasteiger partial charge is 0.0336 e. The van der Waals surface area contributed by atoms with Gasteiger partial charge in [-0.05, 0) is 37.5 Å². The first-order valence-corrected chi connectivity index (χ1v) is 7.81. The van der Waals surface area contributed by atoms with E-state index in [9.17, 15) is 0 Å². The molecule has 0 amide bonds. The highest BCUT2D eigenvalue weighted by Gasteiger charge is 2.23. The normalized spacial score (nSPS) is 30.0. The largest absolute Gasteiger partial charge is 0.123 e. The van der Waals surface area contributed by atoms with E-state index in [2.05, 4.69) is 13.8 Å². The van der Waals surface area contributed by atoms with Crippen LogP contribution in [-0.4, -0.2) is 10.8 Å². The van der Waals surface area contributed by atoms with Gasteiger partial charge in [-0.1, -0.05) is 39.5 Å². The van der Waals surface area contributed by atoms with E-state index in [0.29, 0.717) is 10.8 Å².